The molecule has 1 aromatic carbocycles. The normalized spacial score (nSPS) is 12.0. The first-order valence-electron chi connectivity index (χ1n) is 5.76. The van der Waals surface area contributed by atoms with Crippen LogP contribution in [0.1, 0.15) is 5.56 Å². The Balaban J connectivity index is 2.29. The Bertz CT molecular complexity index is 777. The van der Waals surface area contributed by atoms with Crippen LogP contribution < -0.4 is 0 Å². The van der Waals surface area contributed by atoms with E-state index in [-0.39, 0.29) is 11.4 Å². The largest absolute Gasteiger partial charge is 0.417 e. The number of aromatic nitrogens is 2. The molecule has 0 aliphatic carbocycles. The molecule has 0 spiro atoms. The van der Waals surface area contributed by atoms with Crippen LogP contribution in [-0.2, 0) is 6.18 Å². The van der Waals surface area contributed by atoms with Crippen LogP contribution >= 0.6 is 11.6 Å². The van der Waals surface area contributed by atoms with Crippen molar-refractivity contribution in [3.05, 3.63) is 59.4 Å². The molecule has 2 aromatic heterocycles. The first-order valence-corrected chi connectivity index (χ1v) is 6.14. The molecule has 0 N–H and O–H groups in total. The van der Waals surface area contributed by atoms with Gasteiger partial charge in [0.15, 0.2) is 0 Å². The van der Waals surface area contributed by atoms with Gasteiger partial charge < -0.3 is 0 Å². The zero-order chi connectivity index (χ0) is 14.3. The zero-order valence-corrected chi connectivity index (χ0v) is 10.8. The topological polar surface area (TPSA) is 17.3 Å². The molecule has 2 heterocycles. The Morgan fingerprint density at radius 2 is 1.80 bits per heavy atom. The number of rotatable bonds is 1. The Morgan fingerprint density at radius 3 is 2.55 bits per heavy atom. The van der Waals surface area contributed by atoms with Gasteiger partial charge in [0.25, 0.3) is 0 Å². The van der Waals surface area contributed by atoms with Crippen molar-refractivity contribution in [3.8, 4) is 11.4 Å². The van der Waals surface area contributed by atoms with Gasteiger partial charge in [-0.25, -0.2) is 4.98 Å². The summed E-state index contributed by atoms with van der Waals surface area (Å²) in [5, 5.41) is 0.432. The summed E-state index contributed by atoms with van der Waals surface area (Å²) < 4.78 is 40.7. The Kier molecular flexibility index (Phi) is 2.94. The lowest BCUT2D eigenvalue weighted by atomic mass is 10.1. The minimum Gasteiger partial charge on any atom is -0.298 e. The van der Waals surface area contributed by atoms with Crippen LogP contribution in [-0.4, -0.2) is 9.38 Å². The number of imidazole rings is 1. The smallest absolute Gasteiger partial charge is 0.298 e. The van der Waals surface area contributed by atoms with Crippen molar-refractivity contribution in [2.75, 3.05) is 0 Å². The van der Waals surface area contributed by atoms with Crippen molar-refractivity contribution in [3.63, 3.8) is 0 Å². The number of hydrogen-bond acceptors (Lipinski definition) is 1. The highest BCUT2D eigenvalue weighted by atomic mass is 35.5. The first-order chi connectivity index (χ1) is 9.47. The molecule has 0 saturated heterocycles. The van der Waals surface area contributed by atoms with E-state index >= 15 is 0 Å². The van der Waals surface area contributed by atoms with E-state index in [0.29, 0.717) is 10.5 Å². The third-order valence-electron chi connectivity index (χ3n) is 2.96. The van der Waals surface area contributed by atoms with E-state index in [9.17, 15) is 13.2 Å². The minimum absolute atomic E-state index is 0.0299. The first kappa shape index (κ1) is 13.0. The Morgan fingerprint density at radius 1 is 1.05 bits per heavy atom. The van der Waals surface area contributed by atoms with E-state index in [2.05, 4.69) is 4.98 Å². The van der Waals surface area contributed by atoms with Crippen LogP contribution in [0.5, 0.6) is 0 Å². The summed E-state index contributed by atoms with van der Waals surface area (Å²) in [6, 6.07) is 8.72. The average Bonchev–Trinajstić information content (AvgIpc) is 2.80. The highest BCUT2D eigenvalue weighted by Crippen LogP contribution is 2.36. The molecule has 0 aliphatic rings. The quantitative estimate of drug-likeness (QED) is 0.637. The summed E-state index contributed by atoms with van der Waals surface area (Å²) >= 11 is 5.89. The van der Waals surface area contributed by atoms with Crippen LogP contribution in [0.2, 0.25) is 5.02 Å². The molecule has 0 unspecified atom stereocenters. The standard InChI is InChI=1S/C14H8ClF3N2/c15-9-5-6-10-7-19-13(20(10)8-9)11-3-1-2-4-12(11)14(16,17)18/h1-8H. The predicted molar refractivity (Wildman–Crippen MR) is 70.6 cm³/mol. The summed E-state index contributed by atoms with van der Waals surface area (Å²) in [4.78, 5) is 4.09. The third kappa shape index (κ3) is 2.14. The number of benzene rings is 1. The van der Waals surface area contributed by atoms with Crippen LogP contribution in [0.25, 0.3) is 16.9 Å². The number of pyridine rings is 1. The van der Waals surface area contributed by atoms with Gasteiger partial charge in [0.1, 0.15) is 5.82 Å². The Labute approximate surface area is 117 Å². The molecule has 0 saturated carbocycles. The lowest BCUT2D eigenvalue weighted by Gasteiger charge is -2.11. The lowest BCUT2D eigenvalue weighted by molar-refractivity contribution is -0.137. The molecule has 3 aromatic rings. The van der Waals surface area contributed by atoms with Gasteiger partial charge in [-0.3, -0.25) is 4.40 Å². The molecule has 0 aliphatic heterocycles. The van der Waals surface area contributed by atoms with E-state index in [1.807, 2.05) is 0 Å². The summed E-state index contributed by atoms with van der Waals surface area (Å²) in [5.74, 6) is 0.218. The molecule has 102 valence electrons. The van der Waals surface area contributed by atoms with E-state index < -0.39 is 11.7 Å². The summed E-state index contributed by atoms with van der Waals surface area (Å²) in [6.07, 6.45) is -1.37. The number of hydrogen-bond donors (Lipinski definition) is 0. The maximum Gasteiger partial charge on any atom is 0.417 e. The molecule has 2 nitrogen and oxygen atoms in total. The number of nitrogens with zero attached hydrogens (tertiary/aromatic N) is 2. The van der Waals surface area contributed by atoms with Gasteiger partial charge in [0, 0.05) is 11.8 Å². The highest BCUT2D eigenvalue weighted by Gasteiger charge is 2.34. The van der Waals surface area contributed by atoms with E-state index in [1.54, 1.807) is 28.8 Å². The lowest BCUT2D eigenvalue weighted by Crippen LogP contribution is -2.07. The zero-order valence-electron chi connectivity index (χ0n) is 10.0. The van der Waals surface area contributed by atoms with E-state index in [1.165, 1.54) is 18.3 Å². The molecule has 0 radical (unpaired) electrons. The van der Waals surface area contributed by atoms with Gasteiger partial charge in [0.2, 0.25) is 0 Å². The third-order valence-corrected chi connectivity index (χ3v) is 3.19. The van der Waals surface area contributed by atoms with Crippen molar-refractivity contribution in [1.82, 2.24) is 9.38 Å². The summed E-state index contributed by atoms with van der Waals surface area (Å²) in [7, 11) is 0. The second-order valence-corrected chi connectivity index (χ2v) is 4.70. The molecular weight excluding hydrogens is 289 g/mol. The summed E-state index contributed by atoms with van der Waals surface area (Å²) in [6.45, 7) is 0. The van der Waals surface area contributed by atoms with Crippen LogP contribution in [0.3, 0.4) is 0 Å². The number of alkyl halides is 3. The fourth-order valence-electron chi connectivity index (χ4n) is 2.09. The van der Waals surface area contributed by atoms with Gasteiger partial charge >= 0.3 is 6.18 Å². The molecule has 0 bridgehead atoms. The van der Waals surface area contributed by atoms with E-state index in [0.717, 1.165) is 6.07 Å². The van der Waals surface area contributed by atoms with Gasteiger partial charge in [-0.2, -0.15) is 13.2 Å². The number of halogens is 4. The molecule has 0 atom stereocenters. The van der Waals surface area contributed by atoms with Crippen LogP contribution in [0.15, 0.2) is 48.8 Å². The Hall–Kier alpha value is -2.01. The molecule has 20 heavy (non-hydrogen) atoms. The van der Waals surface area contributed by atoms with Crippen LogP contribution in [0, 0.1) is 0 Å². The van der Waals surface area contributed by atoms with Gasteiger partial charge in [-0.05, 0) is 18.2 Å². The monoisotopic (exact) mass is 296 g/mol. The fourth-order valence-corrected chi connectivity index (χ4v) is 2.25. The van der Waals surface area contributed by atoms with Crippen molar-refractivity contribution in [2.24, 2.45) is 0 Å². The average molecular weight is 297 g/mol. The van der Waals surface area contributed by atoms with Crippen molar-refractivity contribution in [1.29, 1.82) is 0 Å². The maximum atomic E-state index is 13.1. The van der Waals surface area contributed by atoms with E-state index in [4.69, 9.17) is 11.6 Å². The van der Waals surface area contributed by atoms with Gasteiger partial charge in [0.05, 0.1) is 22.3 Å². The molecular formula is C14H8ClF3N2. The van der Waals surface area contributed by atoms with Gasteiger partial charge in [-0.15, -0.1) is 0 Å². The molecule has 0 fully saturated rings. The second-order valence-electron chi connectivity index (χ2n) is 4.27. The van der Waals surface area contributed by atoms with Gasteiger partial charge in [-0.1, -0.05) is 29.8 Å². The minimum atomic E-state index is -4.43. The second kappa shape index (κ2) is 4.52. The maximum absolute atomic E-state index is 13.1. The molecule has 3 rings (SSSR count). The number of fused-ring (bicyclic) bond motifs is 1. The molecule has 6 heteroatoms. The fraction of sp³-hybridized carbons (Fsp3) is 0.0714. The highest BCUT2D eigenvalue weighted by molar-refractivity contribution is 6.30. The van der Waals surface area contributed by atoms with Crippen LogP contribution in [0.4, 0.5) is 13.2 Å². The summed E-state index contributed by atoms with van der Waals surface area (Å²) in [5.41, 5.74) is -0.00359. The van der Waals surface area contributed by atoms with Crippen molar-refractivity contribution >= 4 is 17.1 Å². The predicted octanol–water partition coefficient (Wildman–Crippen LogP) is 4.67. The SMILES string of the molecule is FC(F)(F)c1ccccc1-c1ncc2ccc(Cl)cn12. The van der Waals surface area contributed by atoms with Crippen molar-refractivity contribution in [2.45, 2.75) is 6.18 Å². The molecule has 0 amide bonds. The van der Waals surface area contributed by atoms with Crippen molar-refractivity contribution < 1.29 is 13.2 Å².